The number of halogens is 1. The summed E-state index contributed by atoms with van der Waals surface area (Å²) in [5.74, 6) is -1.93. The number of aromatic amines is 1. The Labute approximate surface area is 180 Å². The Kier molecular flexibility index (Phi) is 5.56. The number of carbonyl (C=O) groups excluding carboxylic acids is 2. The van der Waals surface area contributed by atoms with E-state index in [0.717, 1.165) is 37.0 Å². The SMILES string of the molecule is CCc1[nH]n(C)c(=O)c1C1=C(N(C)C2CCCCC2)C(=O)N(c2ccccc2F)C1=O. The van der Waals surface area contributed by atoms with E-state index in [0.29, 0.717) is 12.1 Å². The number of nitrogens with one attached hydrogen (secondary N) is 1. The zero-order chi connectivity index (χ0) is 22.3. The molecule has 8 heteroatoms. The van der Waals surface area contributed by atoms with Crippen LogP contribution in [-0.2, 0) is 23.1 Å². The number of nitrogens with zero attached hydrogens (tertiary/aromatic N) is 3. The first-order valence-electron chi connectivity index (χ1n) is 10.8. The predicted octanol–water partition coefficient (Wildman–Crippen LogP) is 2.96. The second-order valence-corrected chi connectivity index (χ2v) is 8.21. The maximum Gasteiger partial charge on any atom is 0.282 e. The summed E-state index contributed by atoms with van der Waals surface area (Å²) in [4.78, 5) is 42.8. The largest absolute Gasteiger partial charge is 0.366 e. The van der Waals surface area contributed by atoms with Gasteiger partial charge in [-0.15, -0.1) is 0 Å². The molecule has 31 heavy (non-hydrogen) atoms. The van der Waals surface area contributed by atoms with Crippen LogP contribution in [0.1, 0.15) is 50.3 Å². The number of anilines is 1. The van der Waals surface area contributed by atoms with Gasteiger partial charge in [0.05, 0.1) is 16.8 Å². The lowest BCUT2D eigenvalue weighted by atomic mass is 9.93. The van der Waals surface area contributed by atoms with Crippen molar-refractivity contribution < 1.29 is 14.0 Å². The van der Waals surface area contributed by atoms with Gasteiger partial charge in [0.2, 0.25) is 0 Å². The Morgan fingerprint density at radius 1 is 1.10 bits per heavy atom. The van der Waals surface area contributed by atoms with Gasteiger partial charge in [-0.1, -0.05) is 38.3 Å². The topological polar surface area (TPSA) is 78.4 Å². The molecule has 1 aliphatic carbocycles. The Balaban J connectivity index is 1.92. The zero-order valence-electron chi connectivity index (χ0n) is 18.1. The summed E-state index contributed by atoms with van der Waals surface area (Å²) in [5, 5.41) is 2.98. The molecule has 1 aromatic heterocycles. The molecule has 0 spiro atoms. The molecule has 7 nitrogen and oxygen atoms in total. The molecule has 1 aromatic carbocycles. The fourth-order valence-corrected chi connectivity index (χ4v) is 4.69. The van der Waals surface area contributed by atoms with E-state index < -0.39 is 17.6 Å². The van der Waals surface area contributed by atoms with Crippen LogP contribution in [0.25, 0.3) is 5.57 Å². The number of imide groups is 1. The van der Waals surface area contributed by atoms with Crippen LogP contribution in [0.3, 0.4) is 0 Å². The standard InChI is InChI=1S/C23H27FN4O3/c1-4-16-18(21(29)27(3)25-16)19-20(26(2)14-10-6-5-7-11-14)23(31)28(22(19)30)17-13-9-8-12-15(17)24/h8-9,12-14,25H,4-7,10-11H2,1-3H3. The molecule has 2 aromatic rings. The lowest BCUT2D eigenvalue weighted by Crippen LogP contribution is -2.39. The summed E-state index contributed by atoms with van der Waals surface area (Å²) < 4.78 is 15.9. The summed E-state index contributed by atoms with van der Waals surface area (Å²) in [6.45, 7) is 1.87. The molecule has 164 valence electrons. The molecule has 1 N–H and O–H groups in total. The molecule has 0 radical (unpaired) electrons. The number of hydrogen-bond donors (Lipinski definition) is 1. The maximum atomic E-state index is 14.6. The number of para-hydroxylation sites is 1. The van der Waals surface area contributed by atoms with Gasteiger partial charge in [0.25, 0.3) is 17.4 Å². The Bertz CT molecular complexity index is 1120. The Hall–Kier alpha value is -3.16. The fourth-order valence-electron chi connectivity index (χ4n) is 4.69. The van der Waals surface area contributed by atoms with Crippen molar-refractivity contribution in [3.05, 3.63) is 57.4 Å². The van der Waals surface area contributed by atoms with E-state index in [9.17, 15) is 18.8 Å². The number of aromatic nitrogens is 2. The van der Waals surface area contributed by atoms with Crippen LogP contribution >= 0.6 is 0 Å². The highest BCUT2D eigenvalue weighted by atomic mass is 19.1. The molecule has 2 amide bonds. The third-order valence-corrected chi connectivity index (χ3v) is 6.35. The second kappa shape index (κ2) is 8.17. The lowest BCUT2D eigenvalue weighted by Gasteiger charge is -2.33. The van der Waals surface area contributed by atoms with Crippen molar-refractivity contribution in [1.29, 1.82) is 0 Å². The van der Waals surface area contributed by atoms with Gasteiger partial charge >= 0.3 is 0 Å². The van der Waals surface area contributed by atoms with Crippen molar-refractivity contribution in [2.24, 2.45) is 7.05 Å². The van der Waals surface area contributed by atoms with E-state index in [1.54, 1.807) is 20.2 Å². The molecule has 0 unspecified atom stereocenters. The van der Waals surface area contributed by atoms with Gasteiger partial charge < -0.3 is 4.90 Å². The smallest absolute Gasteiger partial charge is 0.282 e. The average Bonchev–Trinajstić information content (AvgIpc) is 3.20. The summed E-state index contributed by atoms with van der Waals surface area (Å²) in [6, 6.07) is 5.79. The Morgan fingerprint density at radius 2 is 1.77 bits per heavy atom. The highest BCUT2D eigenvalue weighted by Crippen LogP contribution is 2.37. The first-order chi connectivity index (χ1) is 14.9. The molecule has 0 saturated heterocycles. The highest BCUT2D eigenvalue weighted by Gasteiger charge is 2.45. The van der Waals surface area contributed by atoms with Gasteiger partial charge in [-0.2, -0.15) is 0 Å². The highest BCUT2D eigenvalue weighted by molar-refractivity contribution is 6.45. The molecule has 2 aliphatic rings. The van der Waals surface area contributed by atoms with Gasteiger partial charge in [-0.3, -0.25) is 24.2 Å². The summed E-state index contributed by atoms with van der Waals surface area (Å²) in [6.07, 6.45) is 5.52. The minimum Gasteiger partial charge on any atom is -0.366 e. The molecule has 0 atom stereocenters. The van der Waals surface area contributed by atoms with E-state index in [-0.39, 0.29) is 34.1 Å². The second-order valence-electron chi connectivity index (χ2n) is 8.21. The molecule has 1 saturated carbocycles. The van der Waals surface area contributed by atoms with Crippen molar-refractivity contribution in [3.63, 3.8) is 0 Å². The molecule has 2 heterocycles. The van der Waals surface area contributed by atoms with Crippen molar-refractivity contribution in [2.45, 2.75) is 51.5 Å². The minimum absolute atomic E-state index is 0.0556. The van der Waals surface area contributed by atoms with Gasteiger partial charge in [-0.05, 0) is 31.4 Å². The number of amides is 2. The monoisotopic (exact) mass is 426 g/mol. The third kappa shape index (κ3) is 3.40. The van der Waals surface area contributed by atoms with Gasteiger partial charge in [0.15, 0.2) is 0 Å². The number of hydrogen-bond acceptors (Lipinski definition) is 4. The predicted molar refractivity (Wildman–Crippen MR) is 116 cm³/mol. The van der Waals surface area contributed by atoms with Gasteiger partial charge in [0.1, 0.15) is 11.5 Å². The van der Waals surface area contributed by atoms with Crippen LogP contribution in [0.5, 0.6) is 0 Å². The lowest BCUT2D eigenvalue weighted by molar-refractivity contribution is -0.120. The van der Waals surface area contributed by atoms with Gasteiger partial charge in [-0.25, -0.2) is 9.29 Å². The van der Waals surface area contributed by atoms with Crippen molar-refractivity contribution in [3.8, 4) is 0 Å². The van der Waals surface area contributed by atoms with Gasteiger partial charge in [0, 0.05) is 25.8 Å². The summed E-state index contributed by atoms with van der Waals surface area (Å²) in [5.41, 5.74) is 0.519. The van der Waals surface area contributed by atoms with Crippen LogP contribution in [-0.4, -0.2) is 39.6 Å². The molecule has 0 bridgehead atoms. The summed E-state index contributed by atoms with van der Waals surface area (Å²) >= 11 is 0. The number of H-pyrrole nitrogens is 1. The molecular weight excluding hydrogens is 399 g/mol. The van der Waals surface area contributed by atoms with E-state index in [1.165, 1.54) is 22.9 Å². The molecular formula is C23H27FN4O3. The summed E-state index contributed by atoms with van der Waals surface area (Å²) in [7, 11) is 3.37. The first kappa shape index (κ1) is 21.1. The number of rotatable bonds is 5. The third-order valence-electron chi connectivity index (χ3n) is 6.35. The average molecular weight is 426 g/mol. The van der Waals surface area contributed by atoms with Crippen molar-refractivity contribution >= 4 is 23.1 Å². The number of aryl methyl sites for hydroxylation is 2. The molecule has 1 aliphatic heterocycles. The number of carbonyl (C=O) groups is 2. The van der Waals surface area contributed by atoms with Crippen LogP contribution in [0, 0.1) is 5.82 Å². The zero-order valence-corrected chi connectivity index (χ0v) is 18.1. The van der Waals surface area contributed by atoms with Crippen LogP contribution < -0.4 is 10.5 Å². The van der Waals surface area contributed by atoms with E-state index >= 15 is 0 Å². The van der Waals surface area contributed by atoms with E-state index in [1.807, 2.05) is 11.8 Å². The van der Waals surface area contributed by atoms with Crippen LogP contribution in [0.2, 0.25) is 0 Å². The van der Waals surface area contributed by atoms with E-state index in [2.05, 4.69) is 5.10 Å². The number of likely N-dealkylation sites (N-methyl/N-ethyl adjacent to an activating group) is 1. The number of benzene rings is 1. The molecule has 1 fully saturated rings. The first-order valence-corrected chi connectivity index (χ1v) is 10.8. The molecule has 4 rings (SSSR count). The normalized spacial score (nSPS) is 17.7. The Morgan fingerprint density at radius 3 is 2.42 bits per heavy atom. The van der Waals surface area contributed by atoms with Crippen LogP contribution in [0.15, 0.2) is 34.8 Å². The minimum atomic E-state index is -0.667. The van der Waals surface area contributed by atoms with Crippen LogP contribution in [0.4, 0.5) is 10.1 Å². The van der Waals surface area contributed by atoms with E-state index in [4.69, 9.17) is 0 Å². The van der Waals surface area contributed by atoms with Crippen molar-refractivity contribution in [1.82, 2.24) is 14.7 Å². The fraction of sp³-hybridized carbons (Fsp3) is 0.435. The quantitative estimate of drug-likeness (QED) is 0.746. The van der Waals surface area contributed by atoms with Crippen molar-refractivity contribution in [2.75, 3.05) is 11.9 Å². The maximum absolute atomic E-state index is 14.6.